The van der Waals surface area contributed by atoms with Crippen LogP contribution in [-0.2, 0) is 5.41 Å². The molecule has 1 aromatic rings. The van der Waals surface area contributed by atoms with Crippen molar-refractivity contribution in [3.8, 4) is 6.07 Å². The van der Waals surface area contributed by atoms with Crippen molar-refractivity contribution in [1.82, 2.24) is 0 Å². The molecule has 1 nitrogen and oxygen atoms in total. The van der Waals surface area contributed by atoms with Gasteiger partial charge in [-0.25, -0.2) is 0 Å². The lowest BCUT2D eigenvalue weighted by atomic mass is 9.89. The fourth-order valence-electron chi connectivity index (χ4n) is 2.14. The maximum atomic E-state index is 9.30. The fourth-order valence-corrected chi connectivity index (χ4v) is 2.76. The first-order valence-electron chi connectivity index (χ1n) is 4.70. The molecular weight excluding hydrogens is 238 g/mol. The van der Waals surface area contributed by atoms with Crippen LogP contribution < -0.4 is 0 Å². The third-order valence-corrected chi connectivity index (χ3v) is 3.95. The highest BCUT2D eigenvalue weighted by Gasteiger charge is 2.63. The van der Waals surface area contributed by atoms with Gasteiger partial charge in [0.15, 0.2) is 0 Å². The summed E-state index contributed by atoms with van der Waals surface area (Å²) in [5, 5.41) is 9.30. The minimum absolute atomic E-state index is 0.117. The summed E-state index contributed by atoms with van der Waals surface area (Å²) in [6.45, 7) is 4.30. The molecule has 0 amide bonds. The van der Waals surface area contributed by atoms with Crippen LogP contribution in [0.25, 0.3) is 0 Å². The molecule has 0 saturated heterocycles. The molecule has 1 saturated carbocycles. The Morgan fingerprint density at radius 2 is 1.93 bits per heavy atom. The van der Waals surface area contributed by atoms with E-state index in [1.165, 1.54) is 0 Å². The summed E-state index contributed by atoms with van der Waals surface area (Å²) in [7, 11) is 0. The summed E-state index contributed by atoms with van der Waals surface area (Å²) < 4.78 is 1.05. The van der Waals surface area contributed by atoms with Crippen molar-refractivity contribution >= 4 is 15.9 Å². The van der Waals surface area contributed by atoms with E-state index >= 15 is 0 Å². The zero-order valence-electron chi connectivity index (χ0n) is 8.34. The smallest absolute Gasteiger partial charge is 0.0890 e. The molecule has 2 heteroatoms. The molecule has 0 bridgehead atoms. The lowest BCUT2D eigenvalue weighted by Crippen LogP contribution is -2.12. The topological polar surface area (TPSA) is 23.8 Å². The normalized spacial score (nSPS) is 28.1. The van der Waals surface area contributed by atoms with Gasteiger partial charge in [0.05, 0.1) is 11.5 Å². The third-order valence-electron chi connectivity index (χ3n) is 3.26. The third kappa shape index (κ3) is 1.12. The summed E-state index contributed by atoms with van der Waals surface area (Å²) in [4.78, 5) is 0. The minimum Gasteiger partial charge on any atom is -0.197 e. The van der Waals surface area contributed by atoms with E-state index in [0.717, 1.165) is 16.5 Å². The molecule has 1 aromatic carbocycles. The van der Waals surface area contributed by atoms with Crippen molar-refractivity contribution in [2.75, 3.05) is 0 Å². The number of nitriles is 1. The molecule has 2 rings (SSSR count). The average molecular weight is 250 g/mol. The molecule has 0 heterocycles. The second-order valence-corrected chi connectivity index (χ2v) is 5.41. The zero-order valence-corrected chi connectivity index (χ0v) is 9.93. The first-order valence-corrected chi connectivity index (χ1v) is 5.49. The van der Waals surface area contributed by atoms with Gasteiger partial charge in [0.25, 0.3) is 0 Å². The van der Waals surface area contributed by atoms with Gasteiger partial charge >= 0.3 is 0 Å². The molecule has 1 fully saturated rings. The SMILES string of the molecule is CC1(C)CC1(C#N)c1ccccc1Br. The first-order chi connectivity index (χ1) is 6.53. The van der Waals surface area contributed by atoms with Crippen LogP contribution in [-0.4, -0.2) is 0 Å². The van der Waals surface area contributed by atoms with Crippen LogP contribution in [0.15, 0.2) is 28.7 Å². The van der Waals surface area contributed by atoms with E-state index in [-0.39, 0.29) is 10.8 Å². The second kappa shape index (κ2) is 2.84. The summed E-state index contributed by atoms with van der Waals surface area (Å²) in [5.74, 6) is 0. The molecule has 1 unspecified atom stereocenters. The number of benzene rings is 1. The standard InChI is InChI=1S/C12H12BrN/c1-11(2)7-12(11,8-14)9-5-3-4-6-10(9)13/h3-6H,7H2,1-2H3. The molecule has 0 aromatic heterocycles. The lowest BCUT2D eigenvalue weighted by Gasteiger charge is -2.13. The maximum absolute atomic E-state index is 9.30. The summed E-state index contributed by atoms with van der Waals surface area (Å²) >= 11 is 3.51. The highest BCUT2D eigenvalue weighted by molar-refractivity contribution is 9.10. The summed E-state index contributed by atoms with van der Waals surface area (Å²) in [6.07, 6.45) is 0.957. The Morgan fingerprint density at radius 3 is 2.36 bits per heavy atom. The number of nitrogens with zero attached hydrogens (tertiary/aromatic N) is 1. The Kier molecular flexibility index (Phi) is 1.97. The van der Waals surface area contributed by atoms with E-state index in [9.17, 15) is 5.26 Å². The average Bonchev–Trinajstić information content (AvgIpc) is 2.70. The van der Waals surface area contributed by atoms with Crippen LogP contribution in [0.1, 0.15) is 25.8 Å². The van der Waals surface area contributed by atoms with Gasteiger partial charge in [0.1, 0.15) is 0 Å². The van der Waals surface area contributed by atoms with Crippen LogP contribution in [0.4, 0.5) is 0 Å². The van der Waals surface area contributed by atoms with E-state index in [2.05, 4.69) is 35.8 Å². The maximum Gasteiger partial charge on any atom is 0.0890 e. The number of hydrogen-bond acceptors (Lipinski definition) is 1. The Labute approximate surface area is 92.9 Å². The molecular formula is C12H12BrN. The van der Waals surface area contributed by atoms with Gasteiger partial charge in [-0.1, -0.05) is 48.0 Å². The molecule has 1 aliphatic rings. The van der Waals surface area contributed by atoms with Crippen LogP contribution in [0.2, 0.25) is 0 Å². The Balaban J connectivity index is 2.53. The van der Waals surface area contributed by atoms with Gasteiger partial charge in [-0.2, -0.15) is 5.26 Å². The molecule has 1 atom stereocenters. The van der Waals surface area contributed by atoms with Crippen LogP contribution in [0.5, 0.6) is 0 Å². The minimum atomic E-state index is -0.271. The number of hydrogen-bond donors (Lipinski definition) is 0. The molecule has 14 heavy (non-hydrogen) atoms. The van der Waals surface area contributed by atoms with Gasteiger partial charge in [-0.05, 0) is 23.5 Å². The highest BCUT2D eigenvalue weighted by Crippen LogP contribution is 2.64. The molecule has 0 N–H and O–H groups in total. The monoisotopic (exact) mass is 249 g/mol. The van der Waals surface area contributed by atoms with Crippen molar-refractivity contribution in [1.29, 1.82) is 5.26 Å². The highest BCUT2D eigenvalue weighted by atomic mass is 79.9. The number of rotatable bonds is 1. The summed E-state index contributed by atoms with van der Waals surface area (Å²) in [6, 6.07) is 10.5. The second-order valence-electron chi connectivity index (χ2n) is 4.56. The molecule has 0 radical (unpaired) electrons. The van der Waals surface area contributed by atoms with Crippen LogP contribution in [0, 0.1) is 16.7 Å². The van der Waals surface area contributed by atoms with Crippen LogP contribution in [0.3, 0.4) is 0 Å². The molecule has 0 spiro atoms. The van der Waals surface area contributed by atoms with Crippen molar-refractivity contribution in [2.24, 2.45) is 5.41 Å². The Hall–Kier alpha value is -0.810. The van der Waals surface area contributed by atoms with Gasteiger partial charge < -0.3 is 0 Å². The largest absolute Gasteiger partial charge is 0.197 e. The fraction of sp³-hybridized carbons (Fsp3) is 0.417. The number of halogens is 1. The van der Waals surface area contributed by atoms with Gasteiger partial charge in [-0.3, -0.25) is 0 Å². The van der Waals surface area contributed by atoms with Crippen molar-refractivity contribution < 1.29 is 0 Å². The van der Waals surface area contributed by atoms with Gasteiger partial charge in [-0.15, -0.1) is 0 Å². The lowest BCUT2D eigenvalue weighted by molar-refractivity contribution is 0.569. The Morgan fingerprint density at radius 1 is 1.36 bits per heavy atom. The molecule has 0 aliphatic heterocycles. The quantitative estimate of drug-likeness (QED) is 0.746. The van der Waals surface area contributed by atoms with E-state index in [1.807, 2.05) is 24.3 Å². The van der Waals surface area contributed by atoms with Gasteiger partial charge in [0, 0.05) is 4.47 Å². The predicted molar refractivity (Wildman–Crippen MR) is 59.8 cm³/mol. The van der Waals surface area contributed by atoms with Gasteiger partial charge in [0.2, 0.25) is 0 Å². The Bertz CT molecular complexity index is 417. The van der Waals surface area contributed by atoms with Crippen LogP contribution >= 0.6 is 15.9 Å². The predicted octanol–water partition coefficient (Wildman–Crippen LogP) is 3.64. The molecule has 1 aliphatic carbocycles. The zero-order chi connectivity index (χ0) is 10.4. The first kappa shape index (κ1) is 9.73. The van der Waals surface area contributed by atoms with E-state index < -0.39 is 0 Å². The molecule has 72 valence electrons. The van der Waals surface area contributed by atoms with E-state index in [1.54, 1.807) is 0 Å². The summed E-state index contributed by atoms with van der Waals surface area (Å²) in [5.41, 5.74) is 0.978. The van der Waals surface area contributed by atoms with E-state index in [0.29, 0.717) is 0 Å². The van der Waals surface area contributed by atoms with Crippen molar-refractivity contribution in [3.05, 3.63) is 34.3 Å². The van der Waals surface area contributed by atoms with E-state index in [4.69, 9.17) is 0 Å². The van der Waals surface area contributed by atoms with Crippen molar-refractivity contribution in [3.63, 3.8) is 0 Å². The van der Waals surface area contributed by atoms with Crippen molar-refractivity contribution in [2.45, 2.75) is 25.7 Å².